The molecule has 6 rings (SSSR count). The second kappa shape index (κ2) is 7.91. The molecule has 0 amide bonds. The lowest BCUT2D eigenvalue weighted by Crippen LogP contribution is -2.12. The predicted octanol–water partition coefficient (Wildman–Crippen LogP) is 8.85. The molecule has 0 atom stereocenters. The average molecular weight is 459 g/mol. The van der Waals surface area contributed by atoms with E-state index in [-0.39, 0.29) is 5.41 Å². The Hall–Kier alpha value is -3.72. The fourth-order valence-corrected chi connectivity index (χ4v) is 5.40. The third-order valence-corrected chi connectivity index (χ3v) is 6.93. The van der Waals surface area contributed by atoms with Crippen molar-refractivity contribution in [3.05, 3.63) is 84.2 Å². The fraction of sp³-hybridized carbons (Fsp3) is 0.250. The van der Waals surface area contributed by atoms with E-state index in [1.807, 2.05) is 0 Å². The van der Waals surface area contributed by atoms with Gasteiger partial charge in [-0.2, -0.15) is 0 Å². The minimum Gasteiger partial charge on any atom is -0.437 e. The van der Waals surface area contributed by atoms with Crippen LogP contribution in [0.3, 0.4) is 0 Å². The first-order valence-electron chi connectivity index (χ1n) is 12.4. The van der Waals surface area contributed by atoms with Crippen LogP contribution in [0.15, 0.2) is 77.5 Å². The van der Waals surface area contributed by atoms with Gasteiger partial charge in [0.05, 0.1) is 11.1 Å². The maximum atomic E-state index is 6.42. The number of nitrogens with zero attached hydrogens (tertiary/aromatic N) is 2. The number of fused-ring (bicyclic) bond motifs is 6. The molecule has 0 N–H and O–H groups in total. The van der Waals surface area contributed by atoms with Crippen molar-refractivity contribution in [2.75, 3.05) is 0 Å². The van der Waals surface area contributed by atoms with Crippen LogP contribution in [0, 0.1) is 5.92 Å². The van der Waals surface area contributed by atoms with Crippen LogP contribution in [0.25, 0.3) is 54.9 Å². The van der Waals surface area contributed by atoms with Gasteiger partial charge in [-0.25, -0.2) is 9.97 Å². The van der Waals surface area contributed by atoms with Crippen LogP contribution in [0.4, 0.5) is 0 Å². The van der Waals surface area contributed by atoms with Crippen molar-refractivity contribution < 1.29 is 4.42 Å². The summed E-state index contributed by atoms with van der Waals surface area (Å²) < 4.78 is 6.42. The van der Waals surface area contributed by atoms with E-state index in [2.05, 4.69) is 106 Å². The highest BCUT2D eigenvalue weighted by Gasteiger charge is 2.22. The second-order valence-corrected chi connectivity index (χ2v) is 11.1. The lowest BCUT2D eigenvalue weighted by Gasteiger charge is -2.22. The Morgan fingerprint density at radius 1 is 0.800 bits per heavy atom. The first kappa shape index (κ1) is 21.8. The summed E-state index contributed by atoms with van der Waals surface area (Å²) in [5, 5.41) is 6.99. The predicted molar refractivity (Wildman–Crippen MR) is 147 cm³/mol. The summed E-state index contributed by atoms with van der Waals surface area (Å²) in [7, 11) is 0. The van der Waals surface area contributed by atoms with Crippen LogP contribution >= 0.6 is 0 Å². The molecule has 2 heterocycles. The van der Waals surface area contributed by atoms with E-state index < -0.39 is 0 Å². The van der Waals surface area contributed by atoms with E-state index in [9.17, 15) is 0 Å². The molecule has 174 valence electrons. The molecule has 0 radical (unpaired) electrons. The molecule has 0 aliphatic carbocycles. The van der Waals surface area contributed by atoms with Crippen molar-refractivity contribution in [3.8, 4) is 11.3 Å². The summed E-state index contributed by atoms with van der Waals surface area (Å²) >= 11 is 0. The van der Waals surface area contributed by atoms with Crippen LogP contribution in [0.1, 0.15) is 45.7 Å². The lowest BCUT2D eigenvalue weighted by atomic mass is 9.82. The zero-order valence-electron chi connectivity index (χ0n) is 21.0. The average Bonchev–Trinajstić information content (AvgIpc) is 3.21. The van der Waals surface area contributed by atoms with Crippen molar-refractivity contribution in [3.63, 3.8) is 0 Å². The van der Waals surface area contributed by atoms with Crippen LogP contribution in [-0.4, -0.2) is 9.97 Å². The number of aromatic nitrogens is 2. The van der Waals surface area contributed by atoms with Gasteiger partial charge < -0.3 is 4.42 Å². The minimum absolute atomic E-state index is 0.000853. The Morgan fingerprint density at radius 3 is 2.26 bits per heavy atom. The van der Waals surface area contributed by atoms with Crippen LogP contribution in [-0.2, 0) is 11.8 Å². The summed E-state index contributed by atoms with van der Waals surface area (Å²) in [6.07, 6.45) is 2.64. The molecule has 0 spiro atoms. The number of hydrogen-bond donors (Lipinski definition) is 0. The van der Waals surface area contributed by atoms with Gasteiger partial charge in [0.1, 0.15) is 11.9 Å². The summed E-state index contributed by atoms with van der Waals surface area (Å²) in [5.41, 5.74) is 6.22. The number of furan rings is 1. The number of hydrogen-bond acceptors (Lipinski definition) is 3. The third kappa shape index (κ3) is 3.58. The van der Waals surface area contributed by atoms with E-state index in [0.29, 0.717) is 11.6 Å². The lowest BCUT2D eigenvalue weighted by molar-refractivity contribution is 0.596. The van der Waals surface area contributed by atoms with Gasteiger partial charge in [0.25, 0.3) is 0 Å². The summed E-state index contributed by atoms with van der Waals surface area (Å²) in [6.45, 7) is 11.3. The topological polar surface area (TPSA) is 38.9 Å². The molecular formula is C32H30N2O. The van der Waals surface area contributed by atoms with E-state index in [0.717, 1.165) is 39.4 Å². The van der Waals surface area contributed by atoms with E-state index in [4.69, 9.17) is 9.40 Å². The van der Waals surface area contributed by atoms with Gasteiger partial charge in [-0.1, -0.05) is 83.1 Å². The minimum atomic E-state index is 0.000853. The molecule has 6 aromatic rings. The highest BCUT2D eigenvalue weighted by Crippen LogP contribution is 2.41. The Balaban J connectivity index is 1.72. The van der Waals surface area contributed by atoms with E-state index in [1.165, 1.54) is 27.3 Å². The molecule has 4 aromatic carbocycles. The standard InChI is InChI=1S/C32H30N2O/c1-19(2)14-21-16-26-28-29(22-15-20-10-6-7-12-24(20)27(17-22)32(3,4)5)33-18-34-31(28)35-30(26)25-13-9-8-11-23(21)25/h6-13,15-19H,14H2,1-5H3. The Kier molecular flexibility index (Phi) is 4.93. The van der Waals surface area contributed by atoms with Gasteiger partial charge in [0.2, 0.25) is 5.71 Å². The zero-order chi connectivity index (χ0) is 24.3. The van der Waals surface area contributed by atoms with Crippen molar-refractivity contribution in [2.24, 2.45) is 5.92 Å². The molecule has 0 unspecified atom stereocenters. The number of rotatable bonds is 3. The van der Waals surface area contributed by atoms with Crippen LogP contribution in [0.2, 0.25) is 0 Å². The molecule has 0 fully saturated rings. The molecular weight excluding hydrogens is 428 g/mol. The van der Waals surface area contributed by atoms with Gasteiger partial charge in [0, 0.05) is 16.3 Å². The van der Waals surface area contributed by atoms with Gasteiger partial charge >= 0.3 is 0 Å². The summed E-state index contributed by atoms with van der Waals surface area (Å²) in [5.74, 6) is 0.555. The number of benzene rings is 4. The highest BCUT2D eigenvalue weighted by atomic mass is 16.3. The largest absolute Gasteiger partial charge is 0.437 e. The molecule has 3 nitrogen and oxygen atoms in total. The second-order valence-electron chi connectivity index (χ2n) is 11.1. The van der Waals surface area contributed by atoms with Crippen molar-refractivity contribution in [2.45, 2.75) is 46.5 Å². The van der Waals surface area contributed by atoms with Crippen molar-refractivity contribution >= 4 is 43.6 Å². The Morgan fingerprint density at radius 2 is 1.51 bits per heavy atom. The third-order valence-electron chi connectivity index (χ3n) is 6.93. The molecule has 0 aliphatic heterocycles. The van der Waals surface area contributed by atoms with Gasteiger partial charge in [0.15, 0.2) is 0 Å². The maximum Gasteiger partial charge on any atom is 0.231 e. The Labute approximate surface area is 205 Å². The molecule has 0 aliphatic rings. The monoisotopic (exact) mass is 458 g/mol. The highest BCUT2D eigenvalue weighted by molar-refractivity contribution is 6.18. The first-order valence-corrected chi connectivity index (χ1v) is 12.4. The van der Waals surface area contributed by atoms with Gasteiger partial charge in [-0.3, -0.25) is 0 Å². The molecule has 35 heavy (non-hydrogen) atoms. The van der Waals surface area contributed by atoms with Gasteiger partial charge in [-0.15, -0.1) is 0 Å². The first-order chi connectivity index (χ1) is 16.8. The quantitative estimate of drug-likeness (QED) is 0.266. The molecule has 3 heteroatoms. The van der Waals surface area contributed by atoms with E-state index in [1.54, 1.807) is 6.33 Å². The smallest absolute Gasteiger partial charge is 0.231 e. The molecule has 0 bridgehead atoms. The Bertz CT molecular complexity index is 1730. The van der Waals surface area contributed by atoms with Crippen LogP contribution < -0.4 is 0 Å². The van der Waals surface area contributed by atoms with Crippen molar-refractivity contribution in [1.29, 1.82) is 0 Å². The summed E-state index contributed by atoms with van der Waals surface area (Å²) in [6, 6.07) is 24.0. The normalized spacial score (nSPS) is 12.5. The fourth-order valence-electron chi connectivity index (χ4n) is 5.40. The molecule has 0 saturated carbocycles. The molecule has 0 saturated heterocycles. The van der Waals surface area contributed by atoms with Crippen LogP contribution in [0.5, 0.6) is 0 Å². The maximum absolute atomic E-state index is 6.42. The SMILES string of the molecule is CC(C)Cc1cc2c(oc3ncnc(-c4cc(C(C)(C)C)c5ccccc5c4)c32)c2ccccc12. The van der Waals surface area contributed by atoms with E-state index >= 15 is 0 Å². The van der Waals surface area contributed by atoms with Crippen molar-refractivity contribution in [1.82, 2.24) is 9.97 Å². The summed E-state index contributed by atoms with van der Waals surface area (Å²) in [4.78, 5) is 9.39. The zero-order valence-corrected chi connectivity index (χ0v) is 21.0. The van der Waals surface area contributed by atoms with Gasteiger partial charge in [-0.05, 0) is 63.2 Å². The molecule has 2 aromatic heterocycles.